The Morgan fingerprint density at radius 3 is 3.15 bits per heavy atom. The minimum absolute atomic E-state index is 0.0131. The van der Waals surface area contributed by atoms with E-state index in [0.717, 1.165) is 12.2 Å². The Labute approximate surface area is 124 Å². The summed E-state index contributed by atoms with van der Waals surface area (Å²) in [6.07, 6.45) is 0.940. The smallest absolute Gasteiger partial charge is 0.254 e. The first kappa shape index (κ1) is 15.1. The second-order valence-corrected chi connectivity index (χ2v) is 5.07. The Morgan fingerprint density at radius 2 is 2.40 bits per heavy atom. The average Bonchev–Trinajstić information content (AvgIpc) is 2.52. The molecule has 1 aromatic carbocycles. The van der Waals surface area contributed by atoms with E-state index < -0.39 is 0 Å². The number of hydrogen-bond acceptors (Lipinski definition) is 3. The zero-order valence-corrected chi connectivity index (χ0v) is 12.4. The van der Waals surface area contributed by atoms with Crippen LogP contribution in [0.25, 0.3) is 0 Å². The fraction of sp³-hybridized carbons (Fsp3) is 0.533. The van der Waals surface area contributed by atoms with Crippen LogP contribution in [0.3, 0.4) is 0 Å². The molecule has 2 rings (SSSR count). The van der Waals surface area contributed by atoms with Crippen LogP contribution in [0, 0.1) is 0 Å². The van der Waals surface area contributed by atoms with Gasteiger partial charge in [0.1, 0.15) is 5.75 Å². The van der Waals surface area contributed by atoms with Gasteiger partial charge in [0.2, 0.25) is 0 Å². The maximum Gasteiger partial charge on any atom is 0.254 e. The monoisotopic (exact) mass is 297 g/mol. The molecule has 0 N–H and O–H groups in total. The third kappa shape index (κ3) is 3.64. The number of carbonyl (C=O) groups is 1. The molecule has 1 unspecified atom stereocenters. The Morgan fingerprint density at radius 1 is 1.55 bits per heavy atom. The minimum Gasteiger partial charge on any atom is -0.494 e. The summed E-state index contributed by atoms with van der Waals surface area (Å²) in [7, 11) is 0. The Bertz CT molecular complexity index is 452. The van der Waals surface area contributed by atoms with E-state index in [-0.39, 0.29) is 11.9 Å². The molecule has 0 spiro atoms. The van der Waals surface area contributed by atoms with Crippen molar-refractivity contribution >= 4 is 17.5 Å². The van der Waals surface area contributed by atoms with Gasteiger partial charge >= 0.3 is 0 Å². The van der Waals surface area contributed by atoms with Crippen molar-refractivity contribution in [3.63, 3.8) is 0 Å². The number of hydrogen-bond donors (Lipinski definition) is 0. The SMILES string of the molecule is CCCOc1cccc(C(=O)N2CCOCC2CCl)c1. The highest BCUT2D eigenvalue weighted by Gasteiger charge is 2.27. The highest BCUT2D eigenvalue weighted by atomic mass is 35.5. The van der Waals surface area contributed by atoms with Gasteiger partial charge in [-0.15, -0.1) is 11.6 Å². The molecule has 1 aliphatic heterocycles. The van der Waals surface area contributed by atoms with Gasteiger partial charge in [-0.3, -0.25) is 4.79 Å². The van der Waals surface area contributed by atoms with E-state index in [1.807, 2.05) is 25.1 Å². The molecule has 1 aromatic rings. The topological polar surface area (TPSA) is 38.8 Å². The molecule has 0 aliphatic carbocycles. The van der Waals surface area contributed by atoms with E-state index in [9.17, 15) is 4.79 Å². The number of nitrogens with zero attached hydrogens (tertiary/aromatic N) is 1. The number of morpholine rings is 1. The lowest BCUT2D eigenvalue weighted by Gasteiger charge is -2.34. The van der Waals surface area contributed by atoms with Crippen molar-refractivity contribution in [3.05, 3.63) is 29.8 Å². The van der Waals surface area contributed by atoms with E-state index >= 15 is 0 Å². The third-order valence-electron chi connectivity index (χ3n) is 3.22. The second-order valence-electron chi connectivity index (χ2n) is 4.76. The van der Waals surface area contributed by atoms with Crippen molar-refractivity contribution in [2.45, 2.75) is 19.4 Å². The molecule has 1 atom stereocenters. The highest BCUT2D eigenvalue weighted by Crippen LogP contribution is 2.18. The predicted octanol–water partition coefficient (Wildman–Crippen LogP) is 2.56. The molecule has 1 heterocycles. The number of ether oxygens (including phenoxy) is 2. The van der Waals surface area contributed by atoms with Gasteiger partial charge in [0.15, 0.2) is 0 Å². The fourth-order valence-corrected chi connectivity index (χ4v) is 2.41. The predicted molar refractivity (Wildman–Crippen MR) is 78.6 cm³/mol. The first-order chi connectivity index (χ1) is 9.76. The van der Waals surface area contributed by atoms with Gasteiger partial charge in [-0.1, -0.05) is 13.0 Å². The van der Waals surface area contributed by atoms with Gasteiger partial charge in [-0.2, -0.15) is 0 Å². The van der Waals surface area contributed by atoms with Crippen LogP contribution in [-0.2, 0) is 4.74 Å². The lowest BCUT2D eigenvalue weighted by atomic mass is 10.1. The van der Waals surface area contributed by atoms with E-state index in [4.69, 9.17) is 21.1 Å². The van der Waals surface area contributed by atoms with Crippen molar-refractivity contribution < 1.29 is 14.3 Å². The number of carbonyl (C=O) groups excluding carboxylic acids is 1. The molecule has 20 heavy (non-hydrogen) atoms. The number of rotatable bonds is 5. The van der Waals surface area contributed by atoms with E-state index in [1.54, 1.807) is 11.0 Å². The quantitative estimate of drug-likeness (QED) is 0.784. The molecule has 110 valence electrons. The lowest BCUT2D eigenvalue weighted by Crippen LogP contribution is -2.49. The standard InChI is InChI=1S/C15H20ClNO3/c1-2-7-20-14-5-3-4-12(9-14)15(18)17-6-8-19-11-13(17)10-16/h3-5,9,13H,2,6-8,10-11H2,1H3. The highest BCUT2D eigenvalue weighted by molar-refractivity contribution is 6.18. The van der Waals surface area contributed by atoms with Gasteiger partial charge in [0.05, 0.1) is 25.9 Å². The summed E-state index contributed by atoms with van der Waals surface area (Å²) in [5.41, 5.74) is 0.635. The van der Waals surface area contributed by atoms with E-state index in [0.29, 0.717) is 37.8 Å². The lowest BCUT2D eigenvalue weighted by molar-refractivity contribution is 0.00454. The van der Waals surface area contributed by atoms with Gasteiger partial charge in [-0.05, 0) is 24.6 Å². The summed E-state index contributed by atoms with van der Waals surface area (Å²) < 4.78 is 10.9. The van der Waals surface area contributed by atoms with Crippen molar-refractivity contribution in [2.24, 2.45) is 0 Å². The summed E-state index contributed by atoms with van der Waals surface area (Å²) in [4.78, 5) is 14.3. The van der Waals surface area contributed by atoms with Gasteiger partial charge in [-0.25, -0.2) is 0 Å². The molecular weight excluding hydrogens is 278 g/mol. The Balaban J connectivity index is 2.11. The summed E-state index contributed by atoms with van der Waals surface area (Å²) in [5, 5.41) is 0. The van der Waals surface area contributed by atoms with Gasteiger partial charge in [0, 0.05) is 18.0 Å². The Kier molecular flexibility index (Phi) is 5.68. The number of benzene rings is 1. The molecule has 0 bridgehead atoms. The van der Waals surface area contributed by atoms with Crippen LogP contribution < -0.4 is 4.74 Å². The van der Waals surface area contributed by atoms with Crippen LogP contribution >= 0.6 is 11.6 Å². The summed E-state index contributed by atoms with van der Waals surface area (Å²) in [6, 6.07) is 7.25. The zero-order chi connectivity index (χ0) is 14.4. The maximum atomic E-state index is 12.6. The number of amides is 1. The molecule has 1 aliphatic rings. The number of halogens is 1. The second kappa shape index (κ2) is 7.50. The summed E-state index contributed by atoms with van der Waals surface area (Å²) in [5.74, 6) is 1.10. The van der Waals surface area contributed by atoms with Gasteiger partial charge in [0.25, 0.3) is 5.91 Å². The zero-order valence-electron chi connectivity index (χ0n) is 11.7. The molecule has 0 saturated carbocycles. The van der Waals surface area contributed by atoms with Crippen molar-refractivity contribution in [2.75, 3.05) is 32.2 Å². The van der Waals surface area contributed by atoms with Crippen molar-refractivity contribution in [3.8, 4) is 5.75 Å². The Hall–Kier alpha value is -1.26. The average molecular weight is 298 g/mol. The minimum atomic E-state index is -0.0573. The van der Waals surface area contributed by atoms with Gasteiger partial charge < -0.3 is 14.4 Å². The molecule has 4 nitrogen and oxygen atoms in total. The summed E-state index contributed by atoms with van der Waals surface area (Å²) in [6.45, 7) is 4.34. The third-order valence-corrected chi connectivity index (χ3v) is 3.58. The summed E-state index contributed by atoms with van der Waals surface area (Å²) >= 11 is 5.91. The molecule has 1 amide bonds. The maximum absolute atomic E-state index is 12.6. The number of alkyl halides is 1. The van der Waals surface area contributed by atoms with Crippen LogP contribution in [0.15, 0.2) is 24.3 Å². The van der Waals surface area contributed by atoms with E-state index in [2.05, 4.69) is 0 Å². The van der Waals surface area contributed by atoms with Crippen LogP contribution in [0.1, 0.15) is 23.7 Å². The molecule has 0 radical (unpaired) electrons. The first-order valence-corrected chi connectivity index (χ1v) is 7.47. The molecule has 5 heteroatoms. The van der Waals surface area contributed by atoms with Crippen LogP contribution in [0.5, 0.6) is 5.75 Å². The first-order valence-electron chi connectivity index (χ1n) is 6.93. The fourth-order valence-electron chi connectivity index (χ4n) is 2.15. The largest absolute Gasteiger partial charge is 0.494 e. The van der Waals surface area contributed by atoms with Crippen molar-refractivity contribution in [1.29, 1.82) is 0 Å². The molecule has 1 saturated heterocycles. The molecule has 0 aromatic heterocycles. The molecular formula is C15H20ClNO3. The molecule has 1 fully saturated rings. The normalized spacial score (nSPS) is 18.9. The van der Waals surface area contributed by atoms with Crippen LogP contribution in [-0.4, -0.2) is 49.1 Å². The van der Waals surface area contributed by atoms with E-state index in [1.165, 1.54) is 0 Å². The van der Waals surface area contributed by atoms with Crippen molar-refractivity contribution in [1.82, 2.24) is 4.90 Å². The van der Waals surface area contributed by atoms with Crippen LogP contribution in [0.2, 0.25) is 0 Å². The van der Waals surface area contributed by atoms with Crippen LogP contribution in [0.4, 0.5) is 0 Å².